The molecule has 28 heavy (non-hydrogen) atoms. The molecule has 0 fully saturated rings. The normalized spacial score (nSPS) is 13.2. The van der Waals surface area contributed by atoms with Crippen molar-refractivity contribution < 1.29 is 22.3 Å². The molecule has 2 aromatic carbocycles. The van der Waals surface area contributed by atoms with Crippen LogP contribution >= 0.6 is 11.6 Å². The topological polar surface area (TPSA) is 94.4 Å². The zero-order valence-electron chi connectivity index (χ0n) is 14.2. The molecule has 0 amide bonds. The molecule has 0 saturated carbocycles. The van der Waals surface area contributed by atoms with Gasteiger partial charge in [0.05, 0.1) is 10.6 Å². The highest BCUT2D eigenvalue weighted by molar-refractivity contribution is 7.86. The molecule has 142 valence electrons. The fraction of sp³-hybridized carbons (Fsp3) is 0. The van der Waals surface area contributed by atoms with Gasteiger partial charge in [-0.1, -0.05) is 52.2 Å². The molecule has 1 aliphatic rings. The Morgan fingerprint density at radius 2 is 1.39 bits per heavy atom. The first-order valence-electron chi connectivity index (χ1n) is 7.92. The van der Waals surface area contributed by atoms with Gasteiger partial charge in [-0.15, -0.1) is 0 Å². The summed E-state index contributed by atoms with van der Waals surface area (Å²) in [5.74, 6) is -0.698. The van der Waals surface area contributed by atoms with E-state index in [2.05, 4.69) is 14.6 Å². The lowest BCUT2D eigenvalue weighted by Crippen LogP contribution is -2.07. The number of carbonyl (C=O) groups excluding carboxylic acids is 1. The van der Waals surface area contributed by atoms with Gasteiger partial charge in [-0.2, -0.15) is 8.42 Å². The maximum atomic E-state index is 12.0. The van der Waals surface area contributed by atoms with Crippen molar-refractivity contribution in [3.63, 3.8) is 0 Å². The summed E-state index contributed by atoms with van der Waals surface area (Å²) < 4.78 is 28.7. The number of hydrogen-bond acceptors (Lipinski definition) is 7. The second-order valence-corrected chi connectivity index (χ2v) is 7.34. The Morgan fingerprint density at radius 1 is 0.821 bits per heavy atom. The lowest BCUT2D eigenvalue weighted by atomic mass is 10.1. The highest BCUT2D eigenvalue weighted by Gasteiger charge is 2.15. The summed E-state index contributed by atoms with van der Waals surface area (Å²) in [6, 6.07) is 14.1. The average molecular weight is 417 g/mol. The van der Waals surface area contributed by atoms with Crippen molar-refractivity contribution >= 4 is 39.1 Å². The van der Waals surface area contributed by atoms with Crippen LogP contribution in [0.4, 0.5) is 0 Å². The van der Waals surface area contributed by atoms with Crippen LogP contribution in [0.5, 0.6) is 0 Å². The second-order valence-electron chi connectivity index (χ2n) is 5.40. The van der Waals surface area contributed by atoms with E-state index in [1.807, 2.05) is 0 Å². The Balaban J connectivity index is 1.62. The Morgan fingerprint density at radius 3 is 2.04 bits per heavy atom. The molecule has 1 aliphatic carbocycles. The third kappa shape index (κ3) is 4.93. The van der Waals surface area contributed by atoms with E-state index in [-0.39, 0.29) is 21.2 Å². The summed E-state index contributed by atoms with van der Waals surface area (Å²) in [5.41, 5.74) is 0.764. The van der Waals surface area contributed by atoms with Gasteiger partial charge < -0.3 is 4.84 Å². The van der Waals surface area contributed by atoms with E-state index in [9.17, 15) is 13.2 Å². The maximum Gasteiger partial charge on any atom is 0.367 e. The van der Waals surface area contributed by atoms with E-state index < -0.39 is 16.1 Å². The van der Waals surface area contributed by atoms with Crippen LogP contribution in [0.25, 0.3) is 0 Å². The van der Waals surface area contributed by atoms with Crippen LogP contribution in [0.3, 0.4) is 0 Å². The fourth-order valence-electron chi connectivity index (χ4n) is 2.07. The number of allylic oxidation sites excluding steroid dienone is 4. The summed E-state index contributed by atoms with van der Waals surface area (Å²) in [6.45, 7) is 0. The third-order valence-corrected chi connectivity index (χ3v) is 4.90. The van der Waals surface area contributed by atoms with Crippen LogP contribution in [-0.2, 0) is 19.2 Å². The zero-order valence-corrected chi connectivity index (χ0v) is 15.8. The number of halogens is 1. The van der Waals surface area contributed by atoms with Crippen LogP contribution in [0, 0.1) is 0 Å². The molecule has 0 radical (unpaired) electrons. The van der Waals surface area contributed by atoms with Crippen molar-refractivity contribution in [2.24, 2.45) is 10.3 Å². The van der Waals surface area contributed by atoms with Gasteiger partial charge in [-0.3, -0.25) is 4.28 Å². The van der Waals surface area contributed by atoms with E-state index in [0.29, 0.717) is 5.71 Å². The monoisotopic (exact) mass is 416 g/mol. The standard InChI is InChI=1S/C19H13ClN2O5S/c20-18-9-5-4-8-17(18)19(23)26-21-14-10-12-15(13-11-14)22-27-28(24,25)16-6-2-1-3-7-16/h1-13H. The Labute approximate surface area is 166 Å². The van der Waals surface area contributed by atoms with Crippen molar-refractivity contribution in [1.29, 1.82) is 0 Å². The minimum Gasteiger partial charge on any atom is -0.312 e. The van der Waals surface area contributed by atoms with E-state index >= 15 is 0 Å². The van der Waals surface area contributed by atoms with Crippen LogP contribution in [-0.4, -0.2) is 25.8 Å². The third-order valence-electron chi connectivity index (χ3n) is 3.45. The quantitative estimate of drug-likeness (QED) is 0.420. The molecular formula is C19H13ClN2O5S. The molecule has 0 aromatic heterocycles. The highest BCUT2D eigenvalue weighted by Crippen LogP contribution is 2.16. The van der Waals surface area contributed by atoms with Crippen LogP contribution < -0.4 is 0 Å². The number of nitrogens with zero attached hydrogens (tertiary/aromatic N) is 2. The molecule has 0 atom stereocenters. The largest absolute Gasteiger partial charge is 0.367 e. The molecule has 9 heteroatoms. The first kappa shape index (κ1) is 19.5. The Bertz CT molecular complexity index is 1090. The maximum absolute atomic E-state index is 12.0. The Kier molecular flexibility index (Phi) is 6.03. The summed E-state index contributed by atoms with van der Waals surface area (Å²) in [4.78, 5) is 16.8. The number of benzene rings is 2. The lowest BCUT2D eigenvalue weighted by molar-refractivity contribution is 0.0517. The first-order valence-corrected chi connectivity index (χ1v) is 9.71. The van der Waals surface area contributed by atoms with Crippen molar-refractivity contribution in [3.05, 3.63) is 89.5 Å². The molecule has 7 nitrogen and oxygen atoms in total. The van der Waals surface area contributed by atoms with Crippen LogP contribution in [0.2, 0.25) is 5.02 Å². The van der Waals surface area contributed by atoms with E-state index in [1.165, 1.54) is 42.5 Å². The molecule has 0 N–H and O–H groups in total. The van der Waals surface area contributed by atoms with Gasteiger partial charge in [0.15, 0.2) is 0 Å². The predicted octanol–water partition coefficient (Wildman–Crippen LogP) is 3.74. The number of rotatable bonds is 5. The Hall–Kier alpha value is -3.23. The summed E-state index contributed by atoms with van der Waals surface area (Å²) in [7, 11) is -4.00. The minimum atomic E-state index is -4.00. The molecule has 0 spiro atoms. The van der Waals surface area contributed by atoms with Gasteiger partial charge in [-0.05, 0) is 48.6 Å². The number of carbonyl (C=O) groups is 1. The van der Waals surface area contributed by atoms with E-state index in [4.69, 9.17) is 16.4 Å². The lowest BCUT2D eigenvalue weighted by Gasteiger charge is -2.04. The van der Waals surface area contributed by atoms with Crippen LogP contribution in [0.15, 0.2) is 94.1 Å². The zero-order chi connectivity index (χ0) is 20.0. The molecule has 0 bridgehead atoms. The first-order chi connectivity index (χ1) is 13.5. The summed E-state index contributed by atoms with van der Waals surface area (Å²) in [5, 5.41) is 7.57. The van der Waals surface area contributed by atoms with Gasteiger partial charge in [0, 0.05) is 0 Å². The highest BCUT2D eigenvalue weighted by atomic mass is 35.5. The fourth-order valence-corrected chi connectivity index (χ4v) is 3.04. The van der Waals surface area contributed by atoms with E-state index in [1.54, 1.807) is 36.4 Å². The number of oxime groups is 2. The van der Waals surface area contributed by atoms with Gasteiger partial charge in [0.2, 0.25) is 0 Å². The smallest absolute Gasteiger partial charge is 0.312 e. The van der Waals surface area contributed by atoms with Crippen molar-refractivity contribution in [3.8, 4) is 0 Å². The molecule has 0 heterocycles. The SMILES string of the molecule is O=C(ON=C1C=CC(=NOS(=O)(=O)c2ccccc2)C=C1)c1ccccc1Cl. The van der Waals surface area contributed by atoms with Crippen molar-refractivity contribution in [1.82, 2.24) is 0 Å². The molecular weight excluding hydrogens is 404 g/mol. The van der Waals surface area contributed by atoms with Gasteiger partial charge in [0.25, 0.3) is 0 Å². The second kappa shape index (κ2) is 8.64. The molecule has 0 saturated heterocycles. The molecule has 2 aromatic rings. The van der Waals surface area contributed by atoms with Gasteiger partial charge >= 0.3 is 16.1 Å². The van der Waals surface area contributed by atoms with Gasteiger partial charge in [-0.25, -0.2) is 4.79 Å². The van der Waals surface area contributed by atoms with E-state index in [0.717, 1.165) is 0 Å². The van der Waals surface area contributed by atoms with Gasteiger partial charge in [0.1, 0.15) is 16.3 Å². The molecule has 0 aliphatic heterocycles. The predicted molar refractivity (Wildman–Crippen MR) is 105 cm³/mol. The average Bonchev–Trinajstić information content (AvgIpc) is 2.72. The van der Waals surface area contributed by atoms with Crippen LogP contribution in [0.1, 0.15) is 10.4 Å². The molecule has 0 unspecified atom stereocenters. The van der Waals surface area contributed by atoms with Crippen molar-refractivity contribution in [2.45, 2.75) is 4.90 Å². The summed E-state index contributed by atoms with van der Waals surface area (Å²) >= 11 is 5.92. The minimum absolute atomic E-state index is 0.00291. The molecule has 3 rings (SSSR count). The number of hydrogen-bond donors (Lipinski definition) is 0. The van der Waals surface area contributed by atoms with Crippen molar-refractivity contribution in [2.75, 3.05) is 0 Å². The summed E-state index contributed by atoms with van der Waals surface area (Å²) in [6.07, 6.45) is 5.89.